The summed E-state index contributed by atoms with van der Waals surface area (Å²) in [5, 5.41) is 9.73. The van der Waals surface area contributed by atoms with E-state index in [-0.39, 0.29) is 12.6 Å². The number of ether oxygens (including phenoxy) is 1. The second kappa shape index (κ2) is 8.61. The number of likely N-dealkylation sites (tertiary alicyclic amines) is 1. The molecule has 0 spiro atoms. The Kier molecular flexibility index (Phi) is 6.40. The molecule has 1 fully saturated rings. The monoisotopic (exact) mass is 404 g/mol. The minimum absolute atomic E-state index is 0.222. The Morgan fingerprint density at radius 1 is 1.18 bits per heavy atom. The predicted octanol–water partition coefficient (Wildman–Crippen LogP) is 2.36. The van der Waals surface area contributed by atoms with Gasteiger partial charge >= 0.3 is 0 Å². The van der Waals surface area contributed by atoms with Crippen LogP contribution in [0.3, 0.4) is 0 Å². The molecule has 7 heteroatoms. The summed E-state index contributed by atoms with van der Waals surface area (Å²) in [4.78, 5) is 2.49. The third-order valence-electron chi connectivity index (χ3n) is 5.15. The van der Waals surface area contributed by atoms with E-state index in [1.165, 1.54) is 0 Å². The number of aliphatic hydroxyl groups excluding tert-OH is 1. The van der Waals surface area contributed by atoms with Gasteiger partial charge in [-0.25, -0.2) is 13.1 Å². The second-order valence-corrected chi connectivity index (χ2v) is 9.06. The summed E-state index contributed by atoms with van der Waals surface area (Å²) in [5.41, 5.74) is 3.33. The summed E-state index contributed by atoms with van der Waals surface area (Å²) >= 11 is 0. The molecule has 1 atom stereocenters. The van der Waals surface area contributed by atoms with Crippen LogP contribution < -0.4 is 9.46 Å². The molecule has 0 aromatic heterocycles. The molecule has 152 valence electrons. The quantitative estimate of drug-likeness (QED) is 0.741. The van der Waals surface area contributed by atoms with Gasteiger partial charge in [-0.2, -0.15) is 0 Å². The van der Waals surface area contributed by atoms with Crippen molar-refractivity contribution in [2.45, 2.75) is 44.4 Å². The van der Waals surface area contributed by atoms with E-state index in [9.17, 15) is 13.5 Å². The third-order valence-corrected chi connectivity index (χ3v) is 6.86. The van der Waals surface area contributed by atoms with Gasteiger partial charge in [0.2, 0.25) is 10.0 Å². The Morgan fingerprint density at radius 3 is 2.39 bits per heavy atom. The van der Waals surface area contributed by atoms with E-state index in [4.69, 9.17) is 4.74 Å². The zero-order chi connectivity index (χ0) is 20.3. The van der Waals surface area contributed by atoms with Gasteiger partial charge in [0, 0.05) is 26.2 Å². The van der Waals surface area contributed by atoms with Crippen LogP contribution in [0.2, 0.25) is 0 Å². The van der Waals surface area contributed by atoms with Crippen molar-refractivity contribution in [1.82, 2.24) is 9.62 Å². The number of benzene rings is 2. The fourth-order valence-corrected chi connectivity index (χ4v) is 5.23. The fraction of sp³-hybridized carbons (Fsp3) is 0.429. The molecule has 0 aliphatic carbocycles. The molecule has 1 heterocycles. The average Bonchev–Trinajstić information content (AvgIpc) is 3.05. The second-order valence-electron chi connectivity index (χ2n) is 7.36. The van der Waals surface area contributed by atoms with E-state index in [1.807, 2.05) is 24.3 Å². The van der Waals surface area contributed by atoms with Gasteiger partial charge in [0.05, 0.1) is 18.1 Å². The molecule has 2 aromatic rings. The van der Waals surface area contributed by atoms with E-state index in [2.05, 4.69) is 9.62 Å². The lowest BCUT2D eigenvalue weighted by Crippen LogP contribution is -2.27. The smallest absolute Gasteiger partial charge is 0.241 e. The first-order valence-corrected chi connectivity index (χ1v) is 10.9. The number of nitrogens with zero attached hydrogens (tertiary/aromatic N) is 1. The zero-order valence-electron chi connectivity index (χ0n) is 16.6. The van der Waals surface area contributed by atoms with E-state index >= 15 is 0 Å². The molecule has 6 nitrogen and oxygen atoms in total. The van der Waals surface area contributed by atoms with Crippen molar-refractivity contribution in [2.75, 3.05) is 20.2 Å². The molecule has 0 saturated carbocycles. The molecular weight excluding hydrogens is 376 g/mol. The van der Waals surface area contributed by atoms with Crippen LogP contribution in [-0.4, -0.2) is 44.7 Å². The van der Waals surface area contributed by atoms with Gasteiger partial charge in [-0.15, -0.1) is 0 Å². The van der Waals surface area contributed by atoms with Crippen molar-refractivity contribution in [3.05, 3.63) is 58.7 Å². The minimum Gasteiger partial charge on any atom is -0.497 e. The van der Waals surface area contributed by atoms with Crippen molar-refractivity contribution in [2.24, 2.45) is 0 Å². The molecular formula is C21H28N2O4S. The van der Waals surface area contributed by atoms with Crippen molar-refractivity contribution >= 4 is 10.0 Å². The Labute approximate surface area is 167 Å². The highest BCUT2D eigenvalue weighted by Crippen LogP contribution is 2.26. The highest BCUT2D eigenvalue weighted by atomic mass is 32.2. The van der Waals surface area contributed by atoms with Crippen molar-refractivity contribution in [3.8, 4) is 5.75 Å². The van der Waals surface area contributed by atoms with E-state index < -0.39 is 10.0 Å². The average molecular weight is 405 g/mol. The van der Waals surface area contributed by atoms with Crippen LogP contribution in [0.15, 0.2) is 41.3 Å². The number of hydrogen-bond donors (Lipinski definition) is 2. The first-order valence-electron chi connectivity index (χ1n) is 9.42. The van der Waals surface area contributed by atoms with Crippen molar-refractivity contribution < 1.29 is 18.3 Å². The maximum atomic E-state index is 13.0. The molecule has 1 aliphatic heterocycles. The summed E-state index contributed by atoms with van der Waals surface area (Å²) in [6, 6.07) is 11.3. The largest absolute Gasteiger partial charge is 0.497 e. The minimum atomic E-state index is -3.66. The van der Waals surface area contributed by atoms with Gasteiger partial charge in [0.15, 0.2) is 0 Å². The molecule has 0 amide bonds. The highest BCUT2D eigenvalue weighted by Gasteiger charge is 2.23. The summed E-state index contributed by atoms with van der Waals surface area (Å²) in [6.45, 7) is 5.98. The molecule has 1 aliphatic rings. The van der Waals surface area contributed by atoms with Crippen LogP contribution in [0, 0.1) is 13.8 Å². The molecule has 3 rings (SSSR count). The van der Waals surface area contributed by atoms with Crippen LogP contribution in [0.4, 0.5) is 0 Å². The number of β-amino-alcohol motifs (C(OH)–C–C–N with tert-alkyl or cyclic N) is 1. The Balaban J connectivity index is 1.77. The molecule has 28 heavy (non-hydrogen) atoms. The van der Waals surface area contributed by atoms with E-state index in [0.29, 0.717) is 34.9 Å². The topological polar surface area (TPSA) is 78.9 Å². The Morgan fingerprint density at radius 2 is 1.82 bits per heavy atom. The molecule has 0 bridgehead atoms. The number of aryl methyl sites for hydroxylation is 2. The van der Waals surface area contributed by atoms with E-state index in [0.717, 1.165) is 24.1 Å². The lowest BCUT2D eigenvalue weighted by Gasteiger charge is -2.18. The van der Waals surface area contributed by atoms with Gasteiger partial charge in [0.25, 0.3) is 0 Å². The van der Waals surface area contributed by atoms with Crippen LogP contribution in [0.1, 0.15) is 28.7 Å². The summed E-state index contributed by atoms with van der Waals surface area (Å²) < 4.78 is 33.9. The summed E-state index contributed by atoms with van der Waals surface area (Å²) in [5.74, 6) is 0.645. The molecule has 2 aromatic carbocycles. The number of methoxy groups -OCH3 is 1. The normalized spacial score (nSPS) is 17.8. The predicted molar refractivity (Wildman–Crippen MR) is 109 cm³/mol. The molecule has 1 saturated heterocycles. The first kappa shape index (κ1) is 20.8. The number of aliphatic hydroxyl groups is 1. The van der Waals surface area contributed by atoms with Crippen LogP contribution in [-0.2, 0) is 23.1 Å². The van der Waals surface area contributed by atoms with Gasteiger partial charge in [-0.1, -0.05) is 24.3 Å². The van der Waals surface area contributed by atoms with Gasteiger partial charge in [-0.05, 0) is 54.7 Å². The summed E-state index contributed by atoms with van der Waals surface area (Å²) in [6.07, 6.45) is 0.511. The number of hydrogen-bond acceptors (Lipinski definition) is 5. The third kappa shape index (κ3) is 4.72. The number of sulfonamides is 1. The Bertz CT molecular complexity index is 920. The zero-order valence-corrected chi connectivity index (χ0v) is 17.4. The van der Waals surface area contributed by atoms with Crippen molar-refractivity contribution in [1.29, 1.82) is 0 Å². The summed E-state index contributed by atoms with van der Waals surface area (Å²) in [7, 11) is -2.09. The molecule has 0 radical (unpaired) electrons. The van der Waals surface area contributed by atoms with E-state index in [1.54, 1.807) is 33.1 Å². The van der Waals surface area contributed by atoms with Crippen LogP contribution in [0.25, 0.3) is 0 Å². The maximum absolute atomic E-state index is 13.0. The molecule has 1 unspecified atom stereocenters. The maximum Gasteiger partial charge on any atom is 0.241 e. The Hall–Kier alpha value is -1.93. The lowest BCUT2D eigenvalue weighted by atomic mass is 10.1. The number of rotatable bonds is 7. The molecule has 2 N–H and O–H groups in total. The van der Waals surface area contributed by atoms with Gasteiger partial charge in [-0.3, -0.25) is 4.90 Å². The SMILES string of the molecule is COc1cc(C)c(S(=O)(=O)NCc2ccccc2CN2CCC(O)C2)c(C)c1. The van der Waals surface area contributed by atoms with Gasteiger partial charge in [0.1, 0.15) is 5.75 Å². The number of nitrogens with one attached hydrogen (secondary N) is 1. The highest BCUT2D eigenvalue weighted by molar-refractivity contribution is 7.89. The van der Waals surface area contributed by atoms with Crippen LogP contribution in [0.5, 0.6) is 5.75 Å². The van der Waals surface area contributed by atoms with Crippen molar-refractivity contribution in [3.63, 3.8) is 0 Å². The van der Waals surface area contributed by atoms with Crippen LogP contribution >= 0.6 is 0 Å². The standard InChI is InChI=1S/C21H28N2O4S/c1-15-10-20(27-3)11-16(2)21(15)28(25,26)22-12-17-6-4-5-7-18(17)13-23-9-8-19(24)14-23/h4-7,10-11,19,22,24H,8-9,12-14H2,1-3H3. The lowest BCUT2D eigenvalue weighted by molar-refractivity contribution is 0.174. The first-order chi connectivity index (χ1) is 13.3. The van der Waals surface area contributed by atoms with Gasteiger partial charge < -0.3 is 9.84 Å². The fourth-order valence-electron chi connectivity index (χ4n) is 3.78.